The predicted octanol–water partition coefficient (Wildman–Crippen LogP) is 3.86. The standard InChI is InChI=1S/C15H13BrN2O/c1-9-5-6-13-12(7-9)14(15(19)18-13)17-11-4-2-3-10(16)8-11/h2-8,14,17H,1H3,(H,18,19). The SMILES string of the molecule is Cc1ccc2c(c1)C(Nc1cccc(Br)c1)C(=O)N2. The van der Waals surface area contributed by atoms with Crippen molar-refractivity contribution in [3.8, 4) is 0 Å². The summed E-state index contributed by atoms with van der Waals surface area (Å²) >= 11 is 3.43. The number of benzene rings is 2. The van der Waals surface area contributed by atoms with Gasteiger partial charge in [0.15, 0.2) is 0 Å². The van der Waals surface area contributed by atoms with Crippen LogP contribution in [0.2, 0.25) is 0 Å². The second kappa shape index (κ2) is 4.70. The third kappa shape index (κ3) is 2.36. The molecule has 3 rings (SSSR count). The van der Waals surface area contributed by atoms with Crippen molar-refractivity contribution < 1.29 is 4.79 Å². The summed E-state index contributed by atoms with van der Waals surface area (Å²) in [5.74, 6) is -0.0134. The van der Waals surface area contributed by atoms with Crippen LogP contribution in [-0.4, -0.2) is 5.91 Å². The van der Waals surface area contributed by atoms with Crippen LogP contribution in [0.15, 0.2) is 46.9 Å². The molecule has 1 amide bonds. The van der Waals surface area contributed by atoms with Gasteiger partial charge in [0.05, 0.1) is 0 Å². The molecule has 1 aliphatic rings. The Kier molecular flexibility index (Phi) is 3.03. The lowest BCUT2D eigenvalue weighted by molar-refractivity contribution is -0.116. The van der Waals surface area contributed by atoms with Gasteiger partial charge < -0.3 is 10.6 Å². The number of hydrogen-bond acceptors (Lipinski definition) is 2. The van der Waals surface area contributed by atoms with Gasteiger partial charge in [-0.05, 0) is 31.2 Å². The molecule has 0 fully saturated rings. The molecule has 2 aromatic carbocycles. The van der Waals surface area contributed by atoms with E-state index in [2.05, 4.69) is 26.6 Å². The Bertz CT molecular complexity index is 654. The van der Waals surface area contributed by atoms with E-state index in [9.17, 15) is 4.79 Å². The topological polar surface area (TPSA) is 41.1 Å². The Hall–Kier alpha value is -1.81. The summed E-state index contributed by atoms with van der Waals surface area (Å²) < 4.78 is 0.986. The lowest BCUT2D eigenvalue weighted by Crippen LogP contribution is -2.19. The number of fused-ring (bicyclic) bond motifs is 1. The van der Waals surface area contributed by atoms with Gasteiger partial charge in [0, 0.05) is 21.4 Å². The van der Waals surface area contributed by atoms with Crippen LogP contribution in [0.1, 0.15) is 17.2 Å². The number of nitrogens with one attached hydrogen (secondary N) is 2. The smallest absolute Gasteiger partial charge is 0.251 e. The first-order valence-corrected chi connectivity index (χ1v) is 6.86. The average molecular weight is 317 g/mol. The summed E-state index contributed by atoms with van der Waals surface area (Å²) in [5, 5.41) is 6.17. The number of aryl methyl sites for hydroxylation is 1. The van der Waals surface area contributed by atoms with Gasteiger partial charge in [-0.25, -0.2) is 0 Å². The zero-order valence-corrected chi connectivity index (χ0v) is 12.0. The first-order valence-electron chi connectivity index (χ1n) is 6.07. The average Bonchev–Trinajstić information content (AvgIpc) is 2.66. The van der Waals surface area contributed by atoms with Gasteiger partial charge in [0.1, 0.15) is 6.04 Å². The van der Waals surface area contributed by atoms with Crippen LogP contribution in [0.4, 0.5) is 11.4 Å². The first kappa shape index (κ1) is 12.2. The van der Waals surface area contributed by atoms with Gasteiger partial charge in [0.2, 0.25) is 0 Å². The molecule has 3 nitrogen and oxygen atoms in total. The van der Waals surface area contributed by atoms with E-state index in [-0.39, 0.29) is 11.9 Å². The molecule has 1 heterocycles. The third-order valence-electron chi connectivity index (χ3n) is 3.17. The first-order chi connectivity index (χ1) is 9.13. The molecule has 2 N–H and O–H groups in total. The molecule has 96 valence electrons. The summed E-state index contributed by atoms with van der Waals surface area (Å²) in [5.41, 5.74) is 3.97. The second-order valence-corrected chi connectivity index (χ2v) is 5.58. The number of carbonyl (C=O) groups excluding carboxylic acids is 1. The lowest BCUT2D eigenvalue weighted by atomic mass is 10.1. The molecule has 4 heteroatoms. The molecule has 0 aliphatic carbocycles. The Morgan fingerprint density at radius 3 is 2.84 bits per heavy atom. The van der Waals surface area contributed by atoms with E-state index in [0.29, 0.717) is 0 Å². The highest BCUT2D eigenvalue weighted by molar-refractivity contribution is 9.10. The number of amides is 1. The van der Waals surface area contributed by atoms with Crippen molar-refractivity contribution in [2.45, 2.75) is 13.0 Å². The molecule has 1 aliphatic heterocycles. The largest absolute Gasteiger partial charge is 0.370 e. The molecular formula is C15H13BrN2O. The number of anilines is 2. The molecule has 0 bridgehead atoms. The number of carbonyl (C=O) groups is 1. The molecule has 0 aromatic heterocycles. The second-order valence-electron chi connectivity index (χ2n) is 4.67. The van der Waals surface area contributed by atoms with E-state index in [1.807, 2.05) is 49.4 Å². The third-order valence-corrected chi connectivity index (χ3v) is 3.67. The van der Waals surface area contributed by atoms with Crippen molar-refractivity contribution in [1.82, 2.24) is 0 Å². The van der Waals surface area contributed by atoms with E-state index < -0.39 is 0 Å². The summed E-state index contributed by atoms with van der Waals surface area (Å²) in [6.07, 6.45) is 0. The fourth-order valence-electron chi connectivity index (χ4n) is 2.27. The minimum absolute atomic E-state index is 0.0134. The minimum Gasteiger partial charge on any atom is -0.370 e. The number of rotatable bonds is 2. The van der Waals surface area contributed by atoms with Crippen molar-refractivity contribution in [2.75, 3.05) is 10.6 Å². The van der Waals surface area contributed by atoms with Crippen LogP contribution >= 0.6 is 15.9 Å². The Morgan fingerprint density at radius 2 is 2.05 bits per heavy atom. The van der Waals surface area contributed by atoms with Crippen LogP contribution < -0.4 is 10.6 Å². The summed E-state index contributed by atoms with van der Waals surface area (Å²) in [4.78, 5) is 12.0. The highest BCUT2D eigenvalue weighted by Gasteiger charge is 2.30. The fraction of sp³-hybridized carbons (Fsp3) is 0.133. The van der Waals surface area contributed by atoms with Crippen LogP contribution in [0.25, 0.3) is 0 Å². The quantitative estimate of drug-likeness (QED) is 0.883. The van der Waals surface area contributed by atoms with E-state index >= 15 is 0 Å². The van der Waals surface area contributed by atoms with Crippen molar-refractivity contribution in [3.05, 3.63) is 58.1 Å². The lowest BCUT2D eigenvalue weighted by Gasteiger charge is -2.13. The van der Waals surface area contributed by atoms with Gasteiger partial charge in [-0.2, -0.15) is 0 Å². The summed E-state index contributed by atoms with van der Waals surface area (Å²) in [6, 6.07) is 13.5. The zero-order valence-electron chi connectivity index (χ0n) is 10.4. The van der Waals surface area contributed by atoms with Crippen LogP contribution in [-0.2, 0) is 4.79 Å². The Balaban J connectivity index is 1.94. The highest BCUT2D eigenvalue weighted by atomic mass is 79.9. The summed E-state index contributed by atoms with van der Waals surface area (Å²) in [7, 11) is 0. The van der Waals surface area contributed by atoms with E-state index in [1.54, 1.807) is 0 Å². The van der Waals surface area contributed by atoms with Crippen molar-refractivity contribution in [2.24, 2.45) is 0 Å². The van der Waals surface area contributed by atoms with Crippen molar-refractivity contribution >= 4 is 33.2 Å². The Labute approximate surface area is 120 Å². The summed E-state index contributed by atoms with van der Waals surface area (Å²) in [6.45, 7) is 2.03. The molecule has 0 saturated heterocycles. The Morgan fingerprint density at radius 1 is 1.21 bits per heavy atom. The van der Waals surface area contributed by atoms with Crippen molar-refractivity contribution in [3.63, 3.8) is 0 Å². The minimum atomic E-state index is -0.329. The normalized spacial score (nSPS) is 16.9. The number of halogens is 1. The number of hydrogen-bond donors (Lipinski definition) is 2. The molecule has 0 radical (unpaired) electrons. The fourth-order valence-corrected chi connectivity index (χ4v) is 2.67. The van der Waals surface area contributed by atoms with Crippen LogP contribution in [0.5, 0.6) is 0 Å². The maximum Gasteiger partial charge on any atom is 0.251 e. The molecule has 1 atom stereocenters. The highest BCUT2D eigenvalue weighted by Crippen LogP contribution is 2.34. The van der Waals surface area contributed by atoms with Crippen LogP contribution in [0.3, 0.4) is 0 Å². The van der Waals surface area contributed by atoms with Gasteiger partial charge in [-0.3, -0.25) is 4.79 Å². The van der Waals surface area contributed by atoms with Crippen LogP contribution in [0, 0.1) is 6.92 Å². The van der Waals surface area contributed by atoms with Gasteiger partial charge in [0.25, 0.3) is 5.91 Å². The van der Waals surface area contributed by atoms with E-state index in [4.69, 9.17) is 0 Å². The molecule has 0 spiro atoms. The molecule has 2 aromatic rings. The van der Waals surface area contributed by atoms with Gasteiger partial charge in [-0.1, -0.05) is 39.7 Å². The van der Waals surface area contributed by atoms with Gasteiger partial charge in [-0.15, -0.1) is 0 Å². The van der Waals surface area contributed by atoms with Gasteiger partial charge >= 0.3 is 0 Å². The zero-order chi connectivity index (χ0) is 13.4. The molecule has 19 heavy (non-hydrogen) atoms. The van der Waals surface area contributed by atoms with E-state index in [1.165, 1.54) is 0 Å². The predicted molar refractivity (Wildman–Crippen MR) is 80.3 cm³/mol. The van der Waals surface area contributed by atoms with Crippen molar-refractivity contribution in [1.29, 1.82) is 0 Å². The maximum atomic E-state index is 12.0. The monoisotopic (exact) mass is 316 g/mol. The maximum absolute atomic E-state index is 12.0. The molecular weight excluding hydrogens is 304 g/mol. The molecule has 0 saturated carbocycles. The van der Waals surface area contributed by atoms with E-state index in [0.717, 1.165) is 27.0 Å². The molecule has 1 unspecified atom stereocenters.